The summed E-state index contributed by atoms with van der Waals surface area (Å²) in [7, 11) is -3.27. The maximum Gasteiger partial charge on any atom is 0.305 e. The SMILES string of the molecule is CC(C(=O)N1CCS(=O)(=O)CC1CC(=O)O)=C1CNC1. The van der Waals surface area contributed by atoms with Crippen LogP contribution in [-0.2, 0) is 19.4 Å². The molecule has 2 aliphatic rings. The third-order valence-corrected chi connectivity index (χ3v) is 5.43. The number of carbonyl (C=O) groups is 2. The van der Waals surface area contributed by atoms with Crippen LogP contribution in [0.25, 0.3) is 0 Å². The molecule has 0 aromatic rings. The molecule has 8 heteroatoms. The molecule has 0 bridgehead atoms. The zero-order valence-electron chi connectivity index (χ0n) is 11.3. The molecule has 0 spiro atoms. The highest BCUT2D eigenvalue weighted by atomic mass is 32.2. The fraction of sp³-hybridized carbons (Fsp3) is 0.667. The minimum atomic E-state index is -3.27. The lowest BCUT2D eigenvalue weighted by atomic mass is 10.0. The van der Waals surface area contributed by atoms with Crippen LogP contribution in [-0.4, -0.2) is 67.5 Å². The Hall–Kier alpha value is -1.41. The Kier molecular flexibility index (Phi) is 4.14. The summed E-state index contributed by atoms with van der Waals surface area (Å²) < 4.78 is 23.3. The summed E-state index contributed by atoms with van der Waals surface area (Å²) in [6.45, 7) is 3.09. The summed E-state index contributed by atoms with van der Waals surface area (Å²) in [5.74, 6) is -1.72. The molecule has 2 N–H and O–H groups in total. The summed E-state index contributed by atoms with van der Waals surface area (Å²) in [5.41, 5.74) is 1.59. The molecule has 2 fully saturated rings. The molecule has 1 unspecified atom stereocenters. The van der Waals surface area contributed by atoms with Crippen molar-refractivity contribution in [3.8, 4) is 0 Å². The number of hydrogen-bond acceptors (Lipinski definition) is 5. The van der Waals surface area contributed by atoms with Crippen LogP contribution in [0.5, 0.6) is 0 Å². The van der Waals surface area contributed by atoms with Gasteiger partial charge in [-0.25, -0.2) is 8.42 Å². The van der Waals surface area contributed by atoms with E-state index in [0.717, 1.165) is 5.57 Å². The van der Waals surface area contributed by atoms with Crippen molar-refractivity contribution in [3.05, 3.63) is 11.1 Å². The van der Waals surface area contributed by atoms with Crippen molar-refractivity contribution in [3.63, 3.8) is 0 Å². The molecule has 0 saturated carbocycles. The monoisotopic (exact) mass is 302 g/mol. The second-order valence-corrected chi connectivity index (χ2v) is 7.43. The summed E-state index contributed by atoms with van der Waals surface area (Å²) >= 11 is 0. The molecular weight excluding hydrogens is 284 g/mol. The average molecular weight is 302 g/mol. The molecule has 20 heavy (non-hydrogen) atoms. The lowest BCUT2D eigenvalue weighted by molar-refractivity contribution is -0.139. The van der Waals surface area contributed by atoms with E-state index in [4.69, 9.17) is 5.11 Å². The van der Waals surface area contributed by atoms with Gasteiger partial charge in [-0.15, -0.1) is 0 Å². The Morgan fingerprint density at radius 1 is 1.40 bits per heavy atom. The van der Waals surface area contributed by atoms with E-state index in [0.29, 0.717) is 18.7 Å². The van der Waals surface area contributed by atoms with Gasteiger partial charge in [0.15, 0.2) is 9.84 Å². The number of carboxylic acids is 1. The molecule has 2 aliphatic heterocycles. The van der Waals surface area contributed by atoms with Crippen molar-refractivity contribution in [1.82, 2.24) is 10.2 Å². The van der Waals surface area contributed by atoms with Gasteiger partial charge in [0, 0.05) is 25.2 Å². The number of sulfone groups is 1. The van der Waals surface area contributed by atoms with Gasteiger partial charge in [0.1, 0.15) is 0 Å². The third kappa shape index (κ3) is 3.18. The fourth-order valence-corrected chi connectivity index (χ4v) is 3.93. The standard InChI is InChI=1S/C12H18N2O5S/c1-8(9-5-13-6-9)12(17)14-2-3-20(18,19)7-10(14)4-11(15)16/h10,13H,2-7H2,1H3,(H,15,16). The predicted molar refractivity (Wildman–Crippen MR) is 72.0 cm³/mol. The highest BCUT2D eigenvalue weighted by Gasteiger charge is 2.36. The number of nitrogens with one attached hydrogen (secondary N) is 1. The fourth-order valence-electron chi connectivity index (χ4n) is 2.41. The molecule has 1 amide bonds. The zero-order valence-corrected chi connectivity index (χ0v) is 12.1. The molecule has 0 radical (unpaired) electrons. The smallest absolute Gasteiger partial charge is 0.305 e. The second kappa shape index (κ2) is 5.53. The number of aliphatic carboxylic acids is 1. The van der Waals surface area contributed by atoms with Crippen molar-refractivity contribution in [1.29, 1.82) is 0 Å². The molecule has 2 saturated heterocycles. The Morgan fingerprint density at radius 2 is 2.05 bits per heavy atom. The van der Waals surface area contributed by atoms with E-state index in [-0.39, 0.29) is 30.4 Å². The van der Waals surface area contributed by atoms with Crippen LogP contribution < -0.4 is 5.32 Å². The minimum Gasteiger partial charge on any atom is -0.481 e. The molecule has 2 heterocycles. The van der Waals surface area contributed by atoms with Crippen LogP contribution in [0.15, 0.2) is 11.1 Å². The highest BCUT2D eigenvalue weighted by molar-refractivity contribution is 7.91. The number of nitrogens with zero attached hydrogens (tertiary/aromatic N) is 1. The van der Waals surface area contributed by atoms with Gasteiger partial charge in [-0.3, -0.25) is 9.59 Å². The summed E-state index contributed by atoms with van der Waals surface area (Å²) in [5, 5.41) is 11.9. The van der Waals surface area contributed by atoms with Gasteiger partial charge < -0.3 is 15.3 Å². The van der Waals surface area contributed by atoms with Crippen LogP contribution in [0.1, 0.15) is 13.3 Å². The predicted octanol–water partition coefficient (Wildman–Crippen LogP) is -0.994. The molecular formula is C12H18N2O5S. The highest BCUT2D eigenvalue weighted by Crippen LogP contribution is 2.20. The van der Waals surface area contributed by atoms with Crippen LogP contribution in [0, 0.1) is 0 Å². The summed E-state index contributed by atoms with van der Waals surface area (Å²) in [4.78, 5) is 24.6. The molecule has 0 aromatic carbocycles. The first-order valence-corrected chi connectivity index (χ1v) is 8.25. The van der Waals surface area contributed by atoms with Gasteiger partial charge >= 0.3 is 5.97 Å². The number of rotatable bonds is 3. The Labute approximate surface area is 117 Å². The van der Waals surface area contributed by atoms with E-state index in [9.17, 15) is 18.0 Å². The van der Waals surface area contributed by atoms with Crippen molar-refractivity contribution in [2.75, 3.05) is 31.1 Å². The molecule has 2 rings (SSSR count). The van der Waals surface area contributed by atoms with Crippen molar-refractivity contribution >= 4 is 21.7 Å². The first-order chi connectivity index (χ1) is 9.30. The number of carboxylic acid groups (broad SMARTS) is 1. The Balaban J connectivity index is 2.19. The topological polar surface area (TPSA) is 104 Å². The van der Waals surface area contributed by atoms with Crippen LogP contribution in [0.4, 0.5) is 0 Å². The largest absolute Gasteiger partial charge is 0.481 e. The lowest BCUT2D eigenvalue weighted by Crippen LogP contribution is -2.52. The first-order valence-electron chi connectivity index (χ1n) is 6.42. The van der Waals surface area contributed by atoms with Crippen molar-refractivity contribution < 1.29 is 23.1 Å². The van der Waals surface area contributed by atoms with Crippen LogP contribution in [0.2, 0.25) is 0 Å². The maximum atomic E-state index is 12.4. The van der Waals surface area contributed by atoms with Gasteiger partial charge in [-0.05, 0) is 12.5 Å². The molecule has 0 aliphatic carbocycles. The Bertz CT molecular complexity index is 560. The minimum absolute atomic E-state index is 0.0666. The molecule has 7 nitrogen and oxygen atoms in total. The van der Waals surface area contributed by atoms with E-state index < -0.39 is 21.8 Å². The third-order valence-electron chi connectivity index (χ3n) is 3.73. The van der Waals surface area contributed by atoms with Gasteiger partial charge in [0.25, 0.3) is 0 Å². The second-order valence-electron chi connectivity index (χ2n) is 5.20. The van der Waals surface area contributed by atoms with Gasteiger partial charge in [0.2, 0.25) is 5.91 Å². The van der Waals surface area contributed by atoms with E-state index in [1.165, 1.54) is 4.90 Å². The zero-order chi connectivity index (χ0) is 14.9. The quantitative estimate of drug-likeness (QED) is 0.649. The van der Waals surface area contributed by atoms with Gasteiger partial charge in [-0.1, -0.05) is 0 Å². The lowest BCUT2D eigenvalue weighted by Gasteiger charge is -2.36. The van der Waals surface area contributed by atoms with Gasteiger partial charge in [0.05, 0.1) is 24.0 Å². The Morgan fingerprint density at radius 3 is 2.55 bits per heavy atom. The number of carbonyl (C=O) groups excluding carboxylic acids is 1. The number of amides is 1. The summed E-state index contributed by atoms with van der Waals surface area (Å²) in [6.07, 6.45) is -0.341. The van der Waals surface area contributed by atoms with Crippen molar-refractivity contribution in [2.45, 2.75) is 19.4 Å². The molecule has 1 atom stereocenters. The van der Waals surface area contributed by atoms with Crippen LogP contribution in [0.3, 0.4) is 0 Å². The molecule has 112 valence electrons. The molecule has 0 aromatic heterocycles. The van der Waals surface area contributed by atoms with E-state index in [1.54, 1.807) is 6.92 Å². The maximum absolute atomic E-state index is 12.4. The number of hydrogen-bond donors (Lipinski definition) is 2. The van der Waals surface area contributed by atoms with E-state index in [2.05, 4.69) is 5.32 Å². The summed E-state index contributed by atoms with van der Waals surface area (Å²) in [6, 6.07) is -0.776. The van der Waals surface area contributed by atoms with Crippen LogP contribution >= 0.6 is 0 Å². The van der Waals surface area contributed by atoms with E-state index >= 15 is 0 Å². The average Bonchev–Trinajstić information content (AvgIpc) is 2.23. The van der Waals surface area contributed by atoms with Gasteiger partial charge in [-0.2, -0.15) is 0 Å². The van der Waals surface area contributed by atoms with E-state index in [1.807, 2.05) is 0 Å². The van der Waals surface area contributed by atoms with Crippen molar-refractivity contribution in [2.24, 2.45) is 0 Å². The normalized spacial score (nSPS) is 24.9. The first kappa shape index (κ1) is 15.0.